The summed E-state index contributed by atoms with van der Waals surface area (Å²) in [4.78, 5) is 14.6. The number of amides is 1. The lowest BCUT2D eigenvalue weighted by Crippen LogP contribution is -2.38. The smallest absolute Gasteiger partial charge is 0.240 e. The van der Waals surface area contributed by atoms with E-state index in [-0.39, 0.29) is 18.9 Å². The van der Waals surface area contributed by atoms with Crippen molar-refractivity contribution in [3.8, 4) is 0 Å². The van der Waals surface area contributed by atoms with Gasteiger partial charge in [-0.1, -0.05) is 30.3 Å². The van der Waals surface area contributed by atoms with Crippen molar-refractivity contribution in [1.29, 1.82) is 0 Å². The van der Waals surface area contributed by atoms with Gasteiger partial charge >= 0.3 is 0 Å². The Bertz CT molecular complexity index is 969. The van der Waals surface area contributed by atoms with Crippen LogP contribution in [0.3, 0.4) is 0 Å². The molecule has 1 aliphatic carbocycles. The summed E-state index contributed by atoms with van der Waals surface area (Å²) in [5.74, 6) is -0.0128. The number of fused-ring (bicyclic) bond motifs is 2. The number of hydrogen-bond donors (Lipinski definition) is 1. The molecule has 6 heteroatoms. The highest BCUT2D eigenvalue weighted by atomic mass is 32.2. The lowest BCUT2D eigenvalue weighted by Gasteiger charge is -2.29. The lowest BCUT2D eigenvalue weighted by molar-refractivity contribution is -0.131. The molecule has 0 saturated carbocycles. The second kappa shape index (κ2) is 7.44. The zero-order valence-electron chi connectivity index (χ0n) is 15.3. The van der Waals surface area contributed by atoms with Crippen LogP contribution in [0.5, 0.6) is 0 Å². The Labute approximate surface area is 160 Å². The molecule has 1 N–H and O–H groups in total. The second-order valence-electron chi connectivity index (χ2n) is 7.27. The summed E-state index contributed by atoms with van der Waals surface area (Å²) in [7, 11) is -3.58. The molecule has 0 unspecified atom stereocenters. The van der Waals surface area contributed by atoms with Gasteiger partial charge in [-0.25, -0.2) is 13.1 Å². The predicted octanol–water partition coefficient (Wildman–Crippen LogP) is 2.43. The van der Waals surface area contributed by atoms with Crippen LogP contribution in [0.2, 0.25) is 0 Å². The first-order chi connectivity index (χ1) is 13.0. The maximum atomic E-state index is 12.5. The minimum atomic E-state index is -3.58. The minimum Gasteiger partial charge on any atom is -0.338 e. The lowest BCUT2D eigenvalue weighted by atomic mass is 10.00. The minimum absolute atomic E-state index is 0.0128. The molecule has 1 heterocycles. The van der Waals surface area contributed by atoms with E-state index < -0.39 is 10.0 Å². The molecule has 1 amide bonds. The van der Waals surface area contributed by atoms with Crippen LogP contribution in [0.1, 0.15) is 35.1 Å². The Morgan fingerprint density at radius 1 is 0.963 bits per heavy atom. The standard InChI is InChI=1S/C21H24N2O3S/c24-21(23-13-11-17-4-1-2-5-19(17)15-23)10-12-22-27(25,26)20-9-8-16-6-3-7-18(16)14-20/h1-2,4-5,8-9,14,22H,3,6-7,10-13,15H2. The zero-order chi connectivity index (χ0) is 18.9. The van der Waals surface area contributed by atoms with Gasteiger partial charge in [-0.2, -0.15) is 0 Å². The number of nitrogens with one attached hydrogen (secondary N) is 1. The Kier molecular flexibility index (Phi) is 5.02. The number of benzene rings is 2. The zero-order valence-corrected chi connectivity index (χ0v) is 16.1. The number of sulfonamides is 1. The summed E-state index contributed by atoms with van der Waals surface area (Å²) in [5, 5.41) is 0. The molecule has 5 nitrogen and oxygen atoms in total. The van der Waals surface area contributed by atoms with Gasteiger partial charge in [0.15, 0.2) is 0 Å². The molecule has 142 valence electrons. The molecule has 0 fully saturated rings. The molecule has 2 aliphatic rings. The van der Waals surface area contributed by atoms with Crippen molar-refractivity contribution in [3.05, 3.63) is 64.7 Å². The third-order valence-electron chi connectivity index (χ3n) is 5.49. The van der Waals surface area contributed by atoms with Crippen LogP contribution in [-0.4, -0.2) is 32.3 Å². The second-order valence-corrected chi connectivity index (χ2v) is 9.03. The first-order valence-corrected chi connectivity index (χ1v) is 11.0. The maximum absolute atomic E-state index is 12.5. The number of aryl methyl sites for hydroxylation is 2. The summed E-state index contributed by atoms with van der Waals surface area (Å²) >= 11 is 0. The third-order valence-corrected chi connectivity index (χ3v) is 6.95. The normalized spacial score (nSPS) is 16.1. The number of rotatable bonds is 5. The van der Waals surface area contributed by atoms with E-state index in [1.165, 1.54) is 16.7 Å². The van der Waals surface area contributed by atoms with Gasteiger partial charge in [0.2, 0.25) is 15.9 Å². The van der Waals surface area contributed by atoms with E-state index in [1.807, 2.05) is 29.2 Å². The van der Waals surface area contributed by atoms with Crippen LogP contribution >= 0.6 is 0 Å². The molecule has 0 atom stereocenters. The third kappa shape index (κ3) is 3.92. The molecule has 0 aromatic heterocycles. The van der Waals surface area contributed by atoms with Crippen LogP contribution in [0, 0.1) is 0 Å². The van der Waals surface area contributed by atoms with Gasteiger partial charge in [-0.05, 0) is 60.1 Å². The van der Waals surface area contributed by atoms with E-state index in [0.717, 1.165) is 31.2 Å². The van der Waals surface area contributed by atoms with Gasteiger partial charge in [0.1, 0.15) is 0 Å². The number of carbonyl (C=O) groups excluding carboxylic acids is 1. The highest BCUT2D eigenvalue weighted by Crippen LogP contribution is 2.24. The molecule has 0 saturated heterocycles. The van der Waals surface area contributed by atoms with Gasteiger partial charge < -0.3 is 4.90 Å². The summed E-state index contributed by atoms with van der Waals surface area (Å²) in [6, 6.07) is 13.5. The van der Waals surface area contributed by atoms with Crippen LogP contribution < -0.4 is 4.72 Å². The van der Waals surface area contributed by atoms with Crippen molar-refractivity contribution in [2.45, 2.75) is 43.5 Å². The van der Waals surface area contributed by atoms with Crippen molar-refractivity contribution >= 4 is 15.9 Å². The quantitative estimate of drug-likeness (QED) is 0.861. The van der Waals surface area contributed by atoms with Crippen molar-refractivity contribution in [2.24, 2.45) is 0 Å². The average Bonchev–Trinajstić information content (AvgIpc) is 3.15. The van der Waals surface area contributed by atoms with Gasteiger partial charge in [0.25, 0.3) is 0 Å². The molecule has 27 heavy (non-hydrogen) atoms. The molecule has 0 radical (unpaired) electrons. The van der Waals surface area contributed by atoms with Crippen molar-refractivity contribution in [3.63, 3.8) is 0 Å². The van der Waals surface area contributed by atoms with Crippen LogP contribution in [-0.2, 0) is 40.6 Å². The molecule has 1 aliphatic heterocycles. The summed E-state index contributed by atoms with van der Waals surface area (Å²) in [5.41, 5.74) is 4.84. The monoisotopic (exact) mass is 384 g/mol. The topological polar surface area (TPSA) is 66.5 Å². The summed E-state index contributed by atoms with van der Waals surface area (Å²) < 4.78 is 27.6. The predicted molar refractivity (Wildman–Crippen MR) is 104 cm³/mol. The maximum Gasteiger partial charge on any atom is 0.240 e. The first kappa shape index (κ1) is 18.2. The fraction of sp³-hybridized carbons (Fsp3) is 0.381. The fourth-order valence-electron chi connectivity index (χ4n) is 3.96. The van der Waals surface area contributed by atoms with E-state index in [0.29, 0.717) is 18.0 Å². The van der Waals surface area contributed by atoms with Crippen molar-refractivity contribution in [2.75, 3.05) is 13.1 Å². The van der Waals surface area contributed by atoms with E-state index >= 15 is 0 Å². The van der Waals surface area contributed by atoms with Crippen LogP contribution in [0.15, 0.2) is 47.4 Å². The Morgan fingerprint density at radius 3 is 2.56 bits per heavy atom. The summed E-state index contributed by atoms with van der Waals surface area (Å²) in [6.45, 7) is 1.41. The Morgan fingerprint density at radius 2 is 1.70 bits per heavy atom. The molecule has 0 spiro atoms. The fourth-order valence-corrected chi connectivity index (χ4v) is 5.04. The van der Waals surface area contributed by atoms with E-state index in [1.54, 1.807) is 12.1 Å². The highest BCUT2D eigenvalue weighted by molar-refractivity contribution is 7.89. The van der Waals surface area contributed by atoms with Gasteiger partial charge in [0, 0.05) is 26.1 Å². The molecular weight excluding hydrogens is 360 g/mol. The first-order valence-electron chi connectivity index (χ1n) is 9.49. The Balaban J connectivity index is 1.33. The number of carbonyl (C=O) groups is 1. The number of nitrogens with zero attached hydrogens (tertiary/aromatic N) is 1. The van der Waals surface area contributed by atoms with Crippen LogP contribution in [0.25, 0.3) is 0 Å². The van der Waals surface area contributed by atoms with Gasteiger partial charge in [0.05, 0.1) is 4.90 Å². The number of hydrogen-bond acceptors (Lipinski definition) is 3. The average molecular weight is 385 g/mol. The van der Waals surface area contributed by atoms with E-state index in [9.17, 15) is 13.2 Å². The van der Waals surface area contributed by atoms with Crippen molar-refractivity contribution in [1.82, 2.24) is 9.62 Å². The Hall–Kier alpha value is -2.18. The van der Waals surface area contributed by atoms with Gasteiger partial charge in [-0.15, -0.1) is 0 Å². The highest BCUT2D eigenvalue weighted by Gasteiger charge is 2.22. The summed E-state index contributed by atoms with van der Waals surface area (Å²) in [6.07, 6.45) is 4.07. The molecule has 2 aromatic rings. The van der Waals surface area contributed by atoms with E-state index in [4.69, 9.17) is 0 Å². The van der Waals surface area contributed by atoms with Crippen molar-refractivity contribution < 1.29 is 13.2 Å². The molecule has 2 aromatic carbocycles. The largest absolute Gasteiger partial charge is 0.338 e. The van der Waals surface area contributed by atoms with Crippen LogP contribution in [0.4, 0.5) is 0 Å². The SMILES string of the molecule is O=C(CCNS(=O)(=O)c1ccc2c(c1)CCC2)N1CCc2ccccc2C1. The molecule has 4 rings (SSSR count). The molecule has 0 bridgehead atoms. The van der Waals surface area contributed by atoms with Gasteiger partial charge in [-0.3, -0.25) is 4.79 Å². The molecular formula is C21H24N2O3S. The van der Waals surface area contributed by atoms with E-state index in [2.05, 4.69) is 10.8 Å².